The summed E-state index contributed by atoms with van der Waals surface area (Å²) in [5.41, 5.74) is 3.19. The second kappa shape index (κ2) is 4.96. The number of rotatable bonds is 3. The number of amides is 1. The van der Waals surface area contributed by atoms with Crippen LogP contribution in [-0.2, 0) is 13.2 Å². The number of hydrogen-bond acceptors (Lipinski definition) is 4. The van der Waals surface area contributed by atoms with Gasteiger partial charge in [0.2, 0.25) is 0 Å². The van der Waals surface area contributed by atoms with E-state index in [1.54, 1.807) is 10.7 Å². The predicted molar refractivity (Wildman–Crippen MR) is 72.6 cm³/mol. The third-order valence-corrected chi connectivity index (χ3v) is 3.11. The van der Waals surface area contributed by atoms with Crippen molar-refractivity contribution in [2.24, 2.45) is 0 Å². The zero-order valence-electron chi connectivity index (χ0n) is 11.5. The highest BCUT2D eigenvalue weighted by Crippen LogP contribution is 2.16. The summed E-state index contributed by atoms with van der Waals surface area (Å²) in [6.45, 7) is 5.53. The number of hydrogen-bond donors (Lipinski definition) is 1. The second-order valence-corrected chi connectivity index (χ2v) is 4.87. The molecule has 1 aliphatic rings. The van der Waals surface area contributed by atoms with Gasteiger partial charge in [0.25, 0.3) is 5.91 Å². The zero-order chi connectivity index (χ0) is 14.1. The van der Waals surface area contributed by atoms with Crippen LogP contribution in [0.5, 0.6) is 5.75 Å². The molecule has 2 aromatic rings. The van der Waals surface area contributed by atoms with Crippen molar-refractivity contribution in [1.29, 1.82) is 0 Å². The molecule has 0 saturated carbocycles. The standard InChI is InChI=1S/C14H16N4O2/c1-9-5-12(6-10(2)16-9)20-8-11-7-13-14(19)15-3-4-18(13)17-11/h5-7H,3-4,8H2,1-2H3,(H,15,19). The molecule has 0 atom stereocenters. The fourth-order valence-corrected chi connectivity index (χ4v) is 2.30. The van der Waals surface area contributed by atoms with Gasteiger partial charge in [0.1, 0.15) is 23.7 Å². The Balaban J connectivity index is 1.74. The van der Waals surface area contributed by atoms with E-state index in [-0.39, 0.29) is 5.91 Å². The highest BCUT2D eigenvalue weighted by atomic mass is 16.5. The lowest BCUT2D eigenvalue weighted by atomic mass is 10.3. The lowest BCUT2D eigenvalue weighted by molar-refractivity contribution is 0.0924. The van der Waals surface area contributed by atoms with Gasteiger partial charge in [0, 0.05) is 30.1 Å². The Hall–Kier alpha value is -2.37. The van der Waals surface area contributed by atoms with E-state index in [0.717, 1.165) is 22.8 Å². The largest absolute Gasteiger partial charge is 0.487 e. The van der Waals surface area contributed by atoms with Crippen molar-refractivity contribution in [3.05, 3.63) is 41.0 Å². The number of carbonyl (C=O) groups excluding carboxylic acids is 1. The van der Waals surface area contributed by atoms with E-state index in [2.05, 4.69) is 15.4 Å². The molecule has 104 valence electrons. The number of aryl methyl sites for hydroxylation is 2. The normalized spacial score (nSPS) is 13.8. The summed E-state index contributed by atoms with van der Waals surface area (Å²) in [4.78, 5) is 15.9. The SMILES string of the molecule is Cc1cc(OCc2cc3n(n2)CCNC3=O)cc(C)n1. The van der Waals surface area contributed by atoms with Crippen molar-refractivity contribution in [2.45, 2.75) is 27.0 Å². The van der Waals surface area contributed by atoms with Gasteiger partial charge < -0.3 is 10.1 Å². The van der Waals surface area contributed by atoms with Gasteiger partial charge in [-0.3, -0.25) is 14.5 Å². The summed E-state index contributed by atoms with van der Waals surface area (Å²) in [5, 5.41) is 7.17. The average Bonchev–Trinajstić information content (AvgIpc) is 2.80. The zero-order valence-corrected chi connectivity index (χ0v) is 11.5. The molecule has 0 spiro atoms. The van der Waals surface area contributed by atoms with Gasteiger partial charge in [0.05, 0.1) is 6.54 Å². The van der Waals surface area contributed by atoms with Crippen LogP contribution in [0.4, 0.5) is 0 Å². The van der Waals surface area contributed by atoms with Crippen molar-refractivity contribution >= 4 is 5.91 Å². The Kier molecular flexibility index (Phi) is 3.14. The minimum absolute atomic E-state index is 0.0781. The monoisotopic (exact) mass is 272 g/mol. The van der Waals surface area contributed by atoms with E-state index in [1.807, 2.05) is 26.0 Å². The van der Waals surface area contributed by atoms with Crippen molar-refractivity contribution in [1.82, 2.24) is 20.1 Å². The van der Waals surface area contributed by atoms with Crippen LogP contribution < -0.4 is 10.1 Å². The molecule has 6 heteroatoms. The summed E-state index contributed by atoms with van der Waals surface area (Å²) in [5.74, 6) is 0.691. The van der Waals surface area contributed by atoms with Crippen LogP contribution in [0.25, 0.3) is 0 Å². The fraction of sp³-hybridized carbons (Fsp3) is 0.357. The van der Waals surface area contributed by atoms with Gasteiger partial charge in [-0.1, -0.05) is 0 Å². The highest BCUT2D eigenvalue weighted by Gasteiger charge is 2.19. The second-order valence-electron chi connectivity index (χ2n) is 4.87. The number of nitrogens with one attached hydrogen (secondary N) is 1. The Labute approximate surface area is 116 Å². The maximum atomic E-state index is 11.6. The molecule has 1 N–H and O–H groups in total. The van der Waals surface area contributed by atoms with Gasteiger partial charge >= 0.3 is 0 Å². The molecule has 0 bridgehead atoms. The first-order chi connectivity index (χ1) is 9.61. The molecule has 0 unspecified atom stereocenters. The molecule has 6 nitrogen and oxygen atoms in total. The molecule has 0 radical (unpaired) electrons. The first-order valence-corrected chi connectivity index (χ1v) is 6.55. The maximum absolute atomic E-state index is 11.6. The molecular weight excluding hydrogens is 256 g/mol. The smallest absolute Gasteiger partial charge is 0.269 e. The van der Waals surface area contributed by atoms with Crippen LogP contribution >= 0.6 is 0 Å². The predicted octanol–water partition coefficient (Wildman–Crippen LogP) is 1.22. The number of ether oxygens (including phenoxy) is 1. The van der Waals surface area contributed by atoms with Crippen LogP contribution in [0.3, 0.4) is 0 Å². The molecule has 0 aliphatic carbocycles. The van der Waals surface area contributed by atoms with Crippen molar-refractivity contribution in [3.8, 4) is 5.75 Å². The van der Waals surface area contributed by atoms with Crippen molar-refractivity contribution < 1.29 is 9.53 Å². The van der Waals surface area contributed by atoms with E-state index in [0.29, 0.717) is 25.4 Å². The Morgan fingerprint density at radius 1 is 1.30 bits per heavy atom. The van der Waals surface area contributed by atoms with Gasteiger partial charge in [-0.2, -0.15) is 5.10 Å². The van der Waals surface area contributed by atoms with Crippen LogP contribution in [0.1, 0.15) is 27.6 Å². The lowest BCUT2D eigenvalue weighted by Gasteiger charge is -2.13. The fourth-order valence-electron chi connectivity index (χ4n) is 2.30. The number of nitrogens with zero attached hydrogens (tertiary/aromatic N) is 3. The third kappa shape index (κ3) is 2.49. The molecule has 3 heterocycles. The van der Waals surface area contributed by atoms with E-state index in [4.69, 9.17) is 4.74 Å². The van der Waals surface area contributed by atoms with E-state index in [1.165, 1.54) is 0 Å². The molecule has 3 rings (SSSR count). The topological polar surface area (TPSA) is 69.0 Å². The van der Waals surface area contributed by atoms with Crippen LogP contribution in [0.2, 0.25) is 0 Å². The van der Waals surface area contributed by atoms with Gasteiger partial charge in [-0.15, -0.1) is 0 Å². The van der Waals surface area contributed by atoms with Crippen LogP contribution in [-0.4, -0.2) is 27.2 Å². The molecular formula is C14H16N4O2. The van der Waals surface area contributed by atoms with Crippen molar-refractivity contribution in [3.63, 3.8) is 0 Å². The highest BCUT2D eigenvalue weighted by molar-refractivity contribution is 5.93. The van der Waals surface area contributed by atoms with E-state index >= 15 is 0 Å². The molecule has 2 aromatic heterocycles. The molecule has 1 amide bonds. The van der Waals surface area contributed by atoms with Gasteiger partial charge in [-0.25, -0.2) is 0 Å². The summed E-state index contributed by atoms with van der Waals surface area (Å²) in [7, 11) is 0. The Morgan fingerprint density at radius 2 is 2.05 bits per heavy atom. The summed E-state index contributed by atoms with van der Waals surface area (Å²) in [6, 6.07) is 5.54. The quantitative estimate of drug-likeness (QED) is 0.912. The van der Waals surface area contributed by atoms with E-state index < -0.39 is 0 Å². The van der Waals surface area contributed by atoms with Crippen LogP contribution in [0.15, 0.2) is 18.2 Å². The maximum Gasteiger partial charge on any atom is 0.269 e. The number of fused-ring (bicyclic) bond motifs is 1. The Morgan fingerprint density at radius 3 is 2.75 bits per heavy atom. The average molecular weight is 272 g/mol. The number of pyridine rings is 1. The van der Waals surface area contributed by atoms with Crippen molar-refractivity contribution in [2.75, 3.05) is 6.54 Å². The minimum atomic E-state index is -0.0781. The van der Waals surface area contributed by atoms with Gasteiger partial charge in [-0.05, 0) is 19.9 Å². The summed E-state index contributed by atoms with van der Waals surface area (Å²) < 4.78 is 7.44. The minimum Gasteiger partial charge on any atom is -0.487 e. The molecule has 0 aromatic carbocycles. The molecule has 20 heavy (non-hydrogen) atoms. The summed E-state index contributed by atoms with van der Waals surface area (Å²) in [6.07, 6.45) is 0. The van der Waals surface area contributed by atoms with Gasteiger partial charge in [0.15, 0.2) is 0 Å². The Bertz CT molecular complexity index is 643. The first-order valence-electron chi connectivity index (χ1n) is 6.55. The third-order valence-electron chi connectivity index (χ3n) is 3.11. The number of carbonyl (C=O) groups is 1. The molecule has 1 aliphatic heterocycles. The molecule has 0 saturated heterocycles. The van der Waals surface area contributed by atoms with E-state index in [9.17, 15) is 4.79 Å². The first kappa shape index (κ1) is 12.7. The molecule has 0 fully saturated rings. The summed E-state index contributed by atoms with van der Waals surface area (Å²) >= 11 is 0. The van der Waals surface area contributed by atoms with Crippen LogP contribution in [0, 0.1) is 13.8 Å². The lowest BCUT2D eigenvalue weighted by Crippen LogP contribution is -2.35. The number of aromatic nitrogens is 3.